The maximum atomic E-state index is 11.7. The van der Waals surface area contributed by atoms with Crippen molar-refractivity contribution in [1.82, 2.24) is 9.62 Å². The van der Waals surface area contributed by atoms with Gasteiger partial charge < -0.3 is 4.90 Å². The van der Waals surface area contributed by atoms with E-state index in [-0.39, 0.29) is 5.75 Å². The van der Waals surface area contributed by atoms with Gasteiger partial charge in [-0.05, 0) is 31.5 Å². The first-order valence-corrected chi connectivity index (χ1v) is 10.3. The van der Waals surface area contributed by atoms with Gasteiger partial charge in [-0.1, -0.05) is 31.5 Å². The van der Waals surface area contributed by atoms with Gasteiger partial charge in [0.2, 0.25) is 10.0 Å². The molecule has 0 radical (unpaired) electrons. The molecule has 0 spiro atoms. The summed E-state index contributed by atoms with van der Waals surface area (Å²) in [7, 11) is -3.07. The zero-order valence-corrected chi connectivity index (χ0v) is 14.9. The second-order valence-corrected chi connectivity index (χ2v) is 8.01. The molecule has 23 heavy (non-hydrogen) atoms. The Hall–Kier alpha value is -1.11. The van der Waals surface area contributed by atoms with Crippen LogP contribution in [0.1, 0.15) is 26.2 Å². The standard InChI is InChI=1S/C17H29N3O2S/c1-2-3-16-23(21,22)18-10-7-11-19-12-14-20(15-13-19)17-8-5-4-6-9-17/h4-6,8-9,18H,2-3,7,10-16H2,1H3. The van der Waals surface area contributed by atoms with Crippen molar-refractivity contribution in [2.45, 2.75) is 26.2 Å². The van der Waals surface area contributed by atoms with Crippen molar-refractivity contribution in [3.8, 4) is 0 Å². The van der Waals surface area contributed by atoms with E-state index in [0.717, 1.165) is 52.0 Å². The highest BCUT2D eigenvalue weighted by Gasteiger charge is 2.16. The van der Waals surface area contributed by atoms with Crippen LogP contribution in [0.5, 0.6) is 0 Å². The molecule has 1 aliphatic heterocycles. The topological polar surface area (TPSA) is 52.7 Å². The summed E-state index contributed by atoms with van der Waals surface area (Å²) in [4.78, 5) is 4.82. The fourth-order valence-electron chi connectivity index (χ4n) is 2.81. The maximum Gasteiger partial charge on any atom is 0.211 e. The first-order valence-electron chi connectivity index (χ1n) is 8.60. The van der Waals surface area contributed by atoms with Crippen LogP contribution >= 0.6 is 0 Å². The molecule has 1 fully saturated rings. The Bertz CT molecular complexity index is 540. The molecule has 2 rings (SSSR count). The summed E-state index contributed by atoms with van der Waals surface area (Å²) >= 11 is 0. The number of piperazine rings is 1. The van der Waals surface area contributed by atoms with Crippen molar-refractivity contribution in [3.63, 3.8) is 0 Å². The number of nitrogens with zero attached hydrogens (tertiary/aromatic N) is 2. The lowest BCUT2D eigenvalue weighted by molar-refractivity contribution is 0.255. The molecule has 1 saturated heterocycles. The Morgan fingerprint density at radius 1 is 1.04 bits per heavy atom. The Kier molecular flexibility index (Phi) is 7.33. The van der Waals surface area contributed by atoms with Crippen LogP contribution in [-0.2, 0) is 10.0 Å². The maximum absolute atomic E-state index is 11.7. The third-order valence-corrected chi connectivity index (χ3v) is 5.70. The van der Waals surface area contributed by atoms with Crippen LogP contribution in [0.3, 0.4) is 0 Å². The van der Waals surface area contributed by atoms with E-state index in [1.165, 1.54) is 5.69 Å². The predicted molar refractivity (Wildman–Crippen MR) is 96.4 cm³/mol. The van der Waals surface area contributed by atoms with Crippen LogP contribution in [0.2, 0.25) is 0 Å². The number of hydrogen-bond donors (Lipinski definition) is 1. The van der Waals surface area contributed by atoms with Crippen molar-refractivity contribution in [1.29, 1.82) is 0 Å². The minimum Gasteiger partial charge on any atom is -0.369 e. The lowest BCUT2D eigenvalue weighted by atomic mass is 10.2. The Labute approximate surface area is 140 Å². The van der Waals surface area contributed by atoms with Crippen LogP contribution in [0.25, 0.3) is 0 Å². The molecule has 0 saturated carbocycles. The number of nitrogens with one attached hydrogen (secondary N) is 1. The average molecular weight is 340 g/mol. The van der Waals surface area contributed by atoms with Gasteiger partial charge in [-0.3, -0.25) is 4.90 Å². The van der Waals surface area contributed by atoms with Gasteiger partial charge in [0.25, 0.3) is 0 Å². The third-order valence-electron chi connectivity index (χ3n) is 4.23. The van der Waals surface area contributed by atoms with E-state index in [0.29, 0.717) is 6.54 Å². The fourth-order valence-corrected chi connectivity index (χ4v) is 4.07. The summed E-state index contributed by atoms with van der Waals surface area (Å²) in [6.45, 7) is 7.65. The van der Waals surface area contributed by atoms with E-state index in [1.807, 2.05) is 13.0 Å². The molecule has 130 valence electrons. The smallest absolute Gasteiger partial charge is 0.211 e. The van der Waals surface area contributed by atoms with E-state index in [2.05, 4.69) is 38.8 Å². The molecule has 0 aliphatic carbocycles. The molecule has 1 N–H and O–H groups in total. The molecule has 0 aromatic heterocycles. The minimum atomic E-state index is -3.07. The number of anilines is 1. The molecule has 0 atom stereocenters. The molecule has 1 aliphatic rings. The highest BCUT2D eigenvalue weighted by molar-refractivity contribution is 7.89. The summed E-state index contributed by atoms with van der Waals surface area (Å²) in [6.07, 6.45) is 2.51. The molecule has 0 unspecified atom stereocenters. The summed E-state index contributed by atoms with van der Waals surface area (Å²) in [5.74, 6) is 0.249. The van der Waals surface area contributed by atoms with E-state index < -0.39 is 10.0 Å². The van der Waals surface area contributed by atoms with E-state index in [4.69, 9.17) is 0 Å². The van der Waals surface area contributed by atoms with E-state index in [9.17, 15) is 8.42 Å². The zero-order valence-electron chi connectivity index (χ0n) is 14.1. The fraction of sp³-hybridized carbons (Fsp3) is 0.647. The molecular formula is C17H29N3O2S. The summed E-state index contributed by atoms with van der Waals surface area (Å²) in [5.41, 5.74) is 1.29. The Balaban J connectivity index is 1.62. The average Bonchev–Trinajstić information content (AvgIpc) is 2.58. The van der Waals surface area contributed by atoms with Crippen LogP contribution in [0.4, 0.5) is 5.69 Å². The molecule has 1 aromatic carbocycles. The third kappa shape index (κ3) is 6.49. The number of unbranched alkanes of at least 4 members (excludes halogenated alkanes) is 1. The van der Waals surface area contributed by atoms with Crippen LogP contribution in [0, 0.1) is 0 Å². The Morgan fingerprint density at radius 2 is 1.74 bits per heavy atom. The van der Waals surface area contributed by atoms with E-state index in [1.54, 1.807) is 0 Å². The second kappa shape index (κ2) is 9.25. The molecule has 6 heteroatoms. The van der Waals surface area contributed by atoms with Crippen molar-refractivity contribution in [3.05, 3.63) is 30.3 Å². The summed E-state index contributed by atoms with van der Waals surface area (Å²) in [5, 5.41) is 0. The molecular weight excluding hydrogens is 310 g/mol. The van der Waals surface area contributed by atoms with Gasteiger partial charge in [0.15, 0.2) is 0 Å². The minimum absolute atomic E-state index is 0.249. The monoisotopic (exact) mass is 339 g/mol. The predicted octanol–water partition coefficient (Wildman–Crippen LogP) is 1.92. The van der Waals surface area contributed by atoms with Gasteiger partial charge in [0, 0.05) is 38.4 Å². The summed E-state index contributed by atoms with van der Waals surface area (Å²) < 4.78 is 26.1. The van der Waals surface area contributed by atoms with Crippen LogP contribution < -0.4 is 9.62 Å². The quantitative estimate of drug-likeness (QED) is 0.699. The van der Waals surface area contributed by atoms with Crippen molar-refractivity contribution in [2.24, 2.45) is 0 Å². The van der Waals surface area contributed by atoms with Gasteiger partial charge in [0.05, 0.1) is 5.75 Å². The number of sulfonamides is 1. The highest BCUT2D eigenvalue weighted by atomic mass is 32.2. The molecule has 1 heterocycles. The number of para-hydroxylation sites is 1. The van der Waals surface area contributed by atoms with Gasteiger partial charge in [-0.2, -0.15) is 0 Å². The second-order valence-electron chi connectivity index (χ2n) is 6.08. The van der Waals surface area contributed by atoms with E-state index >= 15 is 0 Å². The largest absolute Gasteiger partial charge is 0.369 e. The van der Waals surface area contributed by atoms with Crippen LogP contribution in [0.15, 0.2) is 30.3 Å². The Morgan fingerprint density at radius 3 is 2.39 bits per heavy atom. The first kappa shape index (κ1) is 18.2. The number of benzene rings is 1. The van der Waals surface area contributed by atoms with Gasteiger partial charge in [0.1, 0.15) is 0 Å². The lowest BCUT2D eigenvalue weighted by Crippen LogP contribution is -2.47. The SMILES string of the molecule is CCCCS(=O)(=O)NCCCN1CCN(c2ccccc2)CC1. The highest BCUT2D eigenvalue weighted by Crippen LogP contribution is 2.15. The summed E-state index contributed by atoms with van der Waals surface area (Å²) in [6, 6.07) is 10.5. The van der Waals surface area contributed by atoms with Gasteiger partial charge in [-0.15, -0.1) is 0 Å². The number of rotatable bonds is 9. The zero-order chi connectivity index (χ0) is 16.5. The number of hydrogen-bond acceptors (Lipinski definition) is 4. The lowest BCUT2D eigenvalue weighted by Gasteiger charge is -2.36. The van der Waals surface area contributed by atoms with Crippen molar-refractivity contribution >= 4 is 15.7 Å². The normalized spacial score (nSPS) is 16.7. The molecule has 5 nitrogen and oxygen atoms in total. The van der Waals surface area contributed by atoms with Gasteiger partial charge >= 0.3 is 0 Å². The molecule has 0 bridgehead atoms. The molecule has 0 amide bonds. The van der Waals surface area contributed by atoms with Crippen molar-refractivity contribution in [2.75, 3.05) is 49.9 Å². The van der Waals surface area contributed by atoms with Gasteiger partial charge in [-0.25, -0.2) is 13.1 Å². The molecule has 1 aromatic rings. The van der Waals surface area contributed by atoms with Crippen LogP contribution in [-0.4, -0.2) is 58.3 Å². The van der Waals surface area contributed by atoms with Crippen molar-refractivity contribution < 1.29 is 8.42 Å². The first-order chi connectivity index (χ1) is 11.1.